The minimum atomic E-state index is 0.304. The third-order valence-electron chi connectivity index (χ3n) is 6.39. The van der Waals surface area contributed by atoms with Gasteiger partial charge in [-0.05, 0) is 74.5 Å². The van der Waals surface area contributed by atoms with Crippen LogP contribution in [0.3, 0.4) is 0 Å². The molecular formula is C18H21Cl2N3. The highest BCUT2D eigenvalue weighted by molar-refractivity contribution is 6.36. The number of anilines is 1. The maximum atomic E-state index is 6.37. The number of nitrogens with zero attached hydrogens (tertiary/aromatic N) is 3. The van der Waals surface area contributed by atoms with Gasteiger partial charge in [0.05, 0.1) is 16.2 Å². The average molecular weight is 350 g/mol. The molecule has 1 heterocycles. The molecule has 5 aliphatic rings. The van der Waals surface area contributed by atoms with E-state index in [1.165, 1.54) is 38.5 Å². The first-order valence-corrected chi connectivity index (χ1v) is 9.40. The van der Waals surface area contributed by atoms with Crippen molar-refractivity contribution >= 4 is 35.2 Å². The van der Waals surface area contributed by atoms with Crippen molar-refractivity contribution < 1.29 is 0 Å². The van der Waals surface area contributed by atoms with Crippen molar-refractivity contribution in [1.29, 1.82) is 0 Å². The number of hydrogen-bond acceptors (Lipinski definition) is 3. The van der Waals surface area contributed by atoms with Gasteiger partial charge >= 0.3 is 0 Å². The fourth-order valence-corrected chi connectivity index (χ4v) is 6.37. The summed E-state index contributed by atoms with van der Waals surface area (Å²) in [5.41, 5.74) is 1.30. The van der Waals surface area contributed by atoms with Crippen LogP contribution in [0.15, 0.2) is 23.3 Å². The third-order valence-corrected chi connectivity index (χ3v) is 6.93. The highest BCUT2D eigenvalue weighted by atomic mass is 35.5. The van der Waals surface area contributed by atoms with Crippen LogP contribution in [0.25, 0.3) is 0 Å². The molecule has 4 saturated carbocycles. The SMILES string of the molecule is Clc1ccc(N2C=NN(C34CC5CC(CC(C5)C3)C4)C2)c(Cl)c1. The van der Waals surface area contributed by atoms with Crippen molar-refractivity contribution in [3.63, 3.8) is 0 Å². The van der Waals surface area contributed by atoms with Gasteiger partial charge in [0, 0.05) is 5.02 Å². The van der Waals surface area contributed by atoms with Gasteiger partial charge in [0.15, 0.2) is 0 Å². The molecule has 0 N–H and O–H groups in total. The topological polar surface area (TPSA) is 18.8 Å². The molecule has 122 valence electrons. The molecule has 0 atom stereocenters. The molecule has 0 radical (unpaired) electrons. The van der Waals surface area contributed by atoms with Crippen LogP contribution in [0.4, 0.5) is 5.69 Å². The quantitative estimate of drug-likeness (QED) is 0.749. The fourth-order valence-electron chi connectivity index (χ4n) is 5.85. The Morgan fingerprint density at radius 1 is 1.00 bits per heavy atom. The van der Waals surface area contributed by atoms with E-state index in [-0.39, 0.29) is 0 Å². The van der Waals surface area contributed by atoms with E-state index in [1.807, 2.05) is 18.5 Å². The summed E-state index contributed by atoms with van der Waals surface area (Å²) >= 11 is 12.4. The van der Waals surface area contributed by atoms with Crippen molar-refractivity contribution in [3.8, 4) is 0 Å². The van der Waals surface area contributed by atoms with Gasteiger partial charge < -0.3 is 4.90 Å². The molecule has 0 amide bonds. The zero-order valence-electron chi connectivity index (χ0n) is 13.1. The zero-order valence-corrected chi connectivity index (χ0v) is 14.6. The van der Waals surface area contributed by atoms with Crippen molar-refractivity contribution in [2.24, 2.45) is 22.9 Å². The van der Waals surface area contributed by atoms with Crippen molar-refractivity contribution in [2.75, 3.05) is 11.6 Å². The minimum absolute atomic E-state index is 0.304. The Kier molecular flexibility index (Phi) is 3.15. The van der Waals surface area contributed by atoms with Crippen LogP contribution in [-0.2, 0) is 0 Å². The number of rotatable bonds is 2. The molecule has 0 aromatic heterocycles. The summed E-state index contributed by atoms with van der Waals surface area (Å²) in [6.45, 7) is 0.813. The van der Waals surface area contributed by atoms with E-state index in [0.29, 0.717) is 15.6 Å². The molecule has 1 aromatic rings. The number of benzene rings is 1. The van der Waals surface area contributed by atoms with E-state index in [1.54, 1.807) is 6.07 Å². The first-order valence-electron chi connectivity index (χ1n) is 8.65. The number of hydrogen-bond donors (Lipinski definition) is 0. The summed E-state index contributed by atoms with van der Waals surface area (Å²) in [6, 6.07) is 5.68. The lowest BCUT2D eigenvalue weighted by Gasteiger charge is -2.59. The van der Waals surface area contributed by atoms with Crippen LogP contribution in [-0.4, -0.2) is 23.6 Å². The maximum absolute atomic E-state index is 6.37. The van der Waals surface area contributed by atoms with Crippen LogP contribution < -0.4 is 4.90 Å². The van der Waals surface area contributed by atoms with E-state index in [0.717, 1.165) is 30.1 Å². The average Bonchev–Trinajstić information content (AvgIpc) is 2.96. The minimum Gasteiger partial charge on any atom is -0.310 e. The Labute approximate surface area is 147 Å². The summed E-state index contributed by atoms with van der Waals surface area (Å²) in [4.78, 5) is 2.15. The molecular weight excluding hydrogens is 329 g/mol. The summed E-state index contributed by atoms with van der Waals surface area (Å²) in [6.07, 6.45) is 10.3. The van der Waals surface area contributed by atoms with Crippen molar-refractivity contribution in [3.05, 3.63) is 28.2 Å². The molecule has 0 unspecified atom stereocenters. The van der Waals surface area contributed by atoms with Crippen LogP contribution in [0, 0.1) is 17.8 Å². The van der Waals surface area contributed by atoms with Crippen LogP contribution in [0.1, 0.15) is 38.5 Å². The van der Waals surface area contributed by atoms with E-state index < -0.39 is 0 Å². The second-order valence-electron chi connectivity index (χ2n) is 7.98. The van der Waals surface area contributed by atoms with Gasteiger partial charge in [-0.1, -0.05) is 23.2 Å². The zero-order chi connectivity index (χ0) is 15.6. The van der Waals surface area contributed by atoms with Gasteiger partial charge in [0.1, 0.15) is 13.0 Å². The van der Waals surface area contributed by atoms with E-state index in [4.69, 9.17) is 28.3 Å². The summed E-state index contributed by atoms with van der Waals surface area (Å²) in [5.74, 6) is 2.80. The Balaban J connectivity index is 1.39. The predicted octanol–water partition coefficient (Wildman–Crippen LogP) is 4.99. The fraction of sp³-hybridized carbons (Fsp3) is 0.611. The van der Waals surface area contributed by atoms with E-state index >= 15 is 0 Å². The molecule has 0 saturated heterocycles. The Hall–Kier alpha value is -0.930. The van der Waals surface area contributed by atoms with Gasteiger partial charge in [-0.25, -0.2) is 0 Å². The lowest BCUT2D eigenvalue weighted by Crippen LogP contribution is -2.58. The molecule has 4 fully saturated rings. The second kappa shape index (κ2) is 5.03. The first-order chi connectivity index (χ1) is 11.1. The molecule has 5 heteroatoms. The van der Waals surface area contributed by atoms with Crippen LogP contribution in [0.2, 0.25) is 10.0 Å². The molecule has 0 spiro atoms. The van der Waals surface area contributed by atoms with Gasteiger partial charge in [-0.15, -0.1) is 0 Å². The lowest BCUT2D eigenvalue weighted by molar-refractivity contribution is -0.0841. The summed E-state index contributed by atoms with van der Waals surface area (Å²) in [7, 11) is 0. The molecule has 1 aromatic carbocycles. The maximum Gasteiger partial charge on any atom is 0.117 e. The predicted molar refractivity (Wildman–Crippen MR) is 95.0 cm³/mol. The lowest BCUT2D eigenvalue weighted by atomic mass is 9.53. The van der Waals surface area contributed by atoms with Crippen LogP contribution in [0.5, 0.6) is 0 Å². The third kappa shape index (κ3) is 2.27. The van der Waals surface area contributed by atoms with E-state index in [9.17, 15) is 0 Å². The first kappa shape index (κ1) is 14.4. The molecule has 1 aliphatic heterocycles. The number of hydrazone groups is 1. The largest absolute Gasteiger partial charge is 0.310 e. The standard InChI is InChI=1S/C18H21Cl2N3/c19-15-1-2-17(16(20)6-15)22-10-21-23(11-22)18-7-12-3-13(8-18)5-14(4-12)9-18/h1-2,6,10,12-14H,3-5,7-9,11H2. The summed E-state index contributed by atoms with van der Waals surface area (Å²) < 4.78 is 0. The van der Waals surface area contributed by atoms with Gasteiger partial charge in [-0.2, -0.15) is 5.10 Å². The van der Waals surface area contributed by atoms with Gasteiger partial charge in [0.2, 0.25) is 0 Å². The second-order valence-corrected chi connectivity index (χ2v) is 8.82. The van der Waals surface area contributed by atoms with E-state index in [2.05, 4.69) is 9.91 Å². The molecule has 23 heavy (non-hydrogen) atoms. The highest BCUT2D eigenvalue weighted by Crippen LogP contribution is 2.58. The molecule has 3 nitrogen and oxygen atoms in total. The summed E-state index contributed by atoms with van der Waals surface area (Å²) in [5, 5.41) is 8.52. The molecule has 4 bridgehead atoms. The van der Waals surface area contributed by atoms with Crippen molar-refractivity contribution in [1.82, 2.24) is 5.01 Å². The Morgan fingerprint density at radius 3 is 2.26 bits per heavy atom. The highest BCUT2D eigenvalue weighted by Gasteiger charge is 2.54. The Morgan fingerprint density at radius 2 is 1.65 bits per heavy atom. The molecule has 4 aliphatic carbocycles. The number of halogens is 2. The Bertz CT molecular complexity index is 637. The smallest absolute Gasteiger partial charge is 0.117 e. The van der Waals surface area contributed by atoms with Gasteiger partial charge in [0.25, 0.3) is 0 Å². The van der Waals surface area contributed by atoms with Crippen molar-refractivity contribution in [2.45, 2.75) is 44.1 Å². The van der Waals surface area contributed by atoms with Gasteiger partial charge in [-0.3, -0.25) is 5.01 Å². The molecule has 6 rings (SSSR count). The monoisotopic (exact) mass is 349 g/mol. The van der Waals surface area contributed by atoms with Crippen LogP contribution >= 0.6 is 23.2 Å². The normalized spacial score (nSPS) is 37.9.